The molecule has 1 saturated heterocycles. The maximum atomic E-state index is 12.6. The number of piperidine rings is 1. The molecule has 1 heterocycles. The third kappa shape index (κ3) is 3.93. The first kappa shape index (κ1) is 16.7. The molecule has 1 aliphatic rings. The second-order valence-electron chi connectivity index (χ2n) is 6.33. The largest absolute Gasteiger partial charge is 0.493 e. The Labute approximate surface area is 133 Å². The van der Waals surface area contributed by atoms with Crippen molar-refractivity contribution in [1.29, 1.82) is 0 Å². The predicted octanol–water partition coefficient (Wildman–Crippen LogP) is 3.14. The second-order valence-corrected chi connectivity index (χ2v) is 6.33. The van der Waals surface area contributed by atoms with Gasteiger partial charge in [-0.15, -0.1) is 0 Å². The van der Waals surface area contributed by atoms with E-state index >= 15 is 0 Å². The lowest BCUT2D eigenvalue weighted by molar-refractivity contribution is -0.136. The van der Waals surface area contributed by atoms with E-state index in [0.717, 1.165) is 37.2 Å². The van der Waals surface area contributed by atoms with Crippen LogP contribution >= 0.6 is 0 Å². The Hall–Kier alpha value is -1.71. The van der Waals surface area contributed by atoms with Crippen LogP contribution in [0.25, 0.3) is 0 Å². The van der Waals surface area contributed by atoms with Gasteiger partial charge in [0.1, 0.15) is 0 Å². The first-order valence-corrected chi connectivity index (χ1v) is 8.04. The molecule has 0 radical (unpaired) electrons. The minimum absolute atomic E-state index is 0.0107. The Morgan fingerprint density at radius 3 is 2.68 bits per heavy atom. The maximum absolute atomic E-state index is 12.6. The fourth-order valence-electron chi connectivity index (χ4n) is 3.15. The van der Waals surface area contributed by atoms with Crippen molar-refractivity contribution < 1.29 is 14.3 Å². The van der Waals surface area contributed by atoms with Gasteiger partial charge in [0.15, 0.2) is 11.5 Å². The molecule has 0 aromatic heterocycles. The molecule has 2 unspecified atom stereocenters. The van der Waals surface area contributed by atoms with Crippen LogP contribution in [0.5, 0.6) is 11.5 Å². The lowest BCUT2D eigenvalue weighted by Crippen LogP contribution is -2.42. The number of likely N-dealkylation sites (tertiary alicyclic amines) is 1. The van der Waals surface area contributed by atoms with Gasteiger partial charge >= 0.3 is 0 Å². The molecule has 0 bridgehead atoms. The summed E-state index contributed by atoms with van der Waals surface area (Å²) in [4.78, 5) is 14.6. The van der Waals surface area contributed by atoms with Gasteiger partial charge in [-0.3, -0.25) is 4.79 Å². The van der Waals surface area contributed by atoms with Crippen molar-refractivity contribution in [3.05, 3.63) is 23.8 Å². The molecule has 4 heteroatoms. The molecule has 1 aliphatic heterocycles. The molecular weight excluding hydrogens is 278 g/mol. The average molecular weight is 305 g/mol. The van der Waals surface area contributed by atoms with Crippen LogP contribution < -0.4 is 9.47 Å². The van der Waals surface area contributed by atoms with Crippen molar-refractivity contribution in [3.8, 4) is 11.5 Å². The van der Waals surface area contributed by atoms with E-state index in [1.165, 1.54) is 6.42 Å². The van der Waals surface area contributed by atoms with Gasteiger partial charge in [-0.05, 0) is 42.9 Å². The number of rotatable bonds is 5. The summed E-state index contributed by atoms with van der Waals surface area (Å²) in [6.45, 7) is 6.03. The smallest absolute Gasteiger partial charge is 0.225 e. The molecule has 4 nitrogen and oxygen atoms in total. The topological polar surface area (TPSA) is 38.8 Å². The Balaban J connectivity index is 2.01. The number of ether oxygens (including phenoxy) is 2. The highest BCUT2D eigenvalue weighted by Gasteiger charge is 2.25. The van der Waals surface area contributed by atoms with Gasteiger partial charge in [-0.1, -0.05) is 19.9 Å². The lowest BCUT2D eigenvalue weighted by atomic mass is 9.95. The molecule has 0 aliphatic carbocycles. The van der Waals surface area contributed by atoms with Crippen LogP contribution in [0.3, 0.4) is 0 Å². The minimum Gasteiger partial charge on any atom is -0.493 e. The van der Waals surface area contributed by atoms with Gasteiger partial charge in [-0.25, -0.2) is 0 Å². The number of hydrogen-bond acceptors (Lipinski definition) is 3. The Kier molecular flexibility index (Phi) is 5.69. The average Bonchev–Trinajstić information content (AvgIpc) is 2.53. The number of carbonyl (C=O) groups excluding carboxylic acids is 1. The number of nitrogens with zero attached hydrogens (tertiary/aromatic N) is 1. The fourth-order valence-corrected chi connectivity index (χ4v) is 3.15. The van der Waals surface area contributed by atoms with Crippen LogP contribution in [0.15, 0.2) is 18.2 Å². The number of methoxy groups -OCH3 is 2. The molecule has 1 aromatic carbocycles. The highest BCUT2D eigenvalue weighted by Crippen LogP contribution is 2.29. The van der Waals surface area contributed by atoms with Crippen LogP contribution in [0, 0.1) is 11.8 Å². The second kappa shape index (κ2) is 7.52. The highest BCUT2D eigenvalue weighted by molar-refractivity contribution is 5.79. The molecule has 122 valence electrons. The maximum Gasteiger partial charge on any atom is 0.225 e. The monoisotopic (exact) mass is 305 g/mol. The molecule has 22 heavy (non-hydrogen) atoms. The van der Waals surface area contributed by atoms with E-state index in [0.29, 0.717) is 11.7 Å². The Bertz CT molecular complexity index is 515. The zero-order valence-corrected chi connectivity index (χ0v) is 14.1. The normalized spacial score (nSPS) is 19.6. The first-order valence-electron chi connectivity index (χ1n) is 8.04. The number of amides is 1. The summed E-state index contributed by atoms with van der Waals surface area (Å²) in [6, 6.07) is 5.86. The van der Waals surface area contributed by atoms with E-state index in [9.17, 15) is 4.79 Å². The highest BCUT2D eigenvalue weighted by atomic mass is 16.5. The SMILES string of the molecule is COc1ccc(CC(C)C(=O)N2CCCC(C)C2)cc1OC. The first-order chi connectivity index (χ1) is 10.5. The summed E-state index contributed by atoms with van der Waals surface area (Å²) >= 11 is 0. The van der Waals surface area contributed by atoms with E-state index in [1.807, 2.05) is 30.0 Å². The summed E-state index contributed by atoms with van der Waals surface area (Å²) < 4.78 is 10.6. The van der Waals surface area contributed by atoms with Crippen molar-refractivity contribution in [2.24, 2.45) is 11.8 Å². The van der Waals surface area contributed by atoms with Crippen molar-refractivity contribution in [3.63, 3.8) is 0 Å². The van der Waals surface area contributed by atoms with E-state index in [2.05, 4.69) is 6.92 Å². The summed E-state index contributed by atoms with van der Waals surface area (Å²) in [5.41, 5.74) is 1.10. The van der Waals surface area contributed by atoms with Crippen LogP contribution in [0.1, 0.15) is 32.3 Å². The van der Waals surface area contributed by atoms with E-state index in [4.69, 9.17) is 9.47 Å². The fraction of sp³-hybridized carbons (Fsp3) is 0.611. The summed E-state index contributed by atoms with van der Waals surface area (Å²) in [6.07, 6.45) is 3.08. The van der Waals surface area contributed by atoms with E-state index < -0.39 is 0 Å². The van der Waals surface area contributed by atoms with Gasteiger partial charge < -0.3 is 14.4 Å². The lowest BCUT2D eigenvalue weighted by Gasteiger charge is -2.33. The van der Waals surface area contributed by atoms with Gasteiger partial charge in [0.2, 0.25) is 5.91 Å². The number of benzene rings is 1. The van der Waals surface area contributed by atoms with E-state index in [1.54, 1.807) is 14.2 Å². The zero-order valence-electron chi connectivity index (χ0n) is 14.1. The van der Waals surface area contributed by atoms with Crippen LogP contribution in [-0.4, -0.2) is 38.1 Å². The molecule has 1 fully saturated rings. The van der Waals surface area contributed by atoms with Crippen molar-refractivity contribution in [2.75, 3.05) is 27.3 Å². The van der Waals surface area contributed by atoms with E-state index in [-0.39, 0.29) is 11.8 Å². The Morgan fingerprint density at radius 1 is 1.32 bits per heavy atom. The predicted molar refractivity (Wildman–Crippen MR) is 87.4 cm³/mol. The van der Waals surface area contributed by atoms with Crippen LogP contribution in [-0.2, 0) is 11.2 Å². The minimum atomic E-state index is -0.0107. The summed E-state index contributed by atoms with van der Waals surface area (Å²) in [5.74, 6) is 2.30. The van der Waals surface area contributed by atoms with Gasteiger partial charge in [0.05, 0.1) is 14.2 Å². The quantitative estimate of drug-likeness (QED) is 0.839. The molecular formula is C18H27NO3. The summed E-state index contributed by atoms with van der Waals surface area (Å²) in [5, 5.41) is 0. The standard InChI is InChI=1S/C18H27NO3/c1-13-6-5-9-19(12-13)18(20)14(2)10-15-7-8-16(21-3)17(11-15)22-4/h7-8,11,13-14H,5-6,9-10,12H2,1-4H3. The molecule has 1 aromatic rings. The molecule has 0 spiro atoms. The molecule has 0 saturated carbocycles. The zero-order chi connectivity index (χ0) is 16.1. The van der Waals surface area contributed by atoms with Crippen LogP contribution in [0.4, 0.5) is 0 Å². The third-order valence-corrected chi connectivity index (χ3v) is 4.38. The van der Waals surface area contributed by atoms with Crippen molar-refractivity contribution in [2.45, 2.75) is 33.1 Å². The molecule has 0 N–H and O–H groups in total. The van der Waals surface area contributed by atoms with Crippen LogP contribution in [0.2, 0.25) is 0 Å². The van der Waals surface area contributed by atoms with Gasteiger partial charge in [0, 0.05) is 19.0 Å². The van der Waals surface area contributed by atoms with Gasteiger partial charge in [-0.2, -0.15) is 0 Å². The molecule has 2 rings (SSSR count). The van der Waals surface area contributed by atoms with Gasteiger partial charge in [0.25, 0.3) is 0 Å². The molecule has 1 amide bonds. The Morgan fingerprint density at radius 2 is 2.05 bits per heavy atom. The van der Waals surface area contributed by atoms with Crippen molar-refractivity contribution in [1.82, 2.24) is 4.90 Å². The number of carbonyl (C=O) groups is 1. The molecule has 2 atom stereocenters. The number of hydrogen-bond donors (Lipinski definition) is 0. The third-order valence-electron chi connectivity index (χ3n) is 4.38. The summed E-state index contributed by atoms with van der Waals surface area (Å²) in [7, 11) is 3.26. The van der Waals surface area contributed by atoms with Crippen molar-refractivity contribution >= 4 is 5.91 Å².